The molecule has 6 nitrogen and oxygen atoms in total. The molecule has 0 radical (unpaired) electrons. The van der Waals surface area contributed by atoms with Crippen LogP contribution in [0.15, 0.2) is 60.9 Å². The lowest BCUT2D eigenvalue weighted by Crippen LogP contribution is -2.38. The molecule has 2 aromatic heterocycles. The Morgan fingerprint density at radius 3 is 2.29 bits per heavy atom. The summed E-state index contributed by atoms with van der Waals surface area (Å²) in [4.78, 5) is 7.26. The second kappa shape index (κ2) is 10.5. The molecule has 0 amide bonds. The Bertz CT molecular complexity index is 1150. The van der Waals surface area contributed by atoms with Gasteiger partial charge in [0.25, 0.3) is 0 Å². The summed E-state index contributed by atoms with van der Waals surface area (Å²) in [5.41, 5.74) is 3.27. The van der Waals surface area contributed by atoms with Gasteiger partial charge in [-0.25, -0.2) is 4.98 Å². The van der Waals surface area contributed by atoms with E-state index in [1.807, 2.05) is 44.4 Å². The quantitative estimate of drug-likeness (QED) is 0.323. The largest absolute Gasteiger partial charge is 0.492 e. The molecule has 4 aromatic rings. The number of benzene rings is 2. The minimum atomic E-state index is 0.464. The minimum Gasteiger partial charge on any atom is -0.492 e. The van der Waals surface area contributed by atoms with E-state index in [2.05, 4.69) is 45.1 Å². The number of aromatic nitrogens is 2. The van der Waals surface area contributed by atoms with E-state index in [0.29, 0.717) is 19.3 Å². The highest BCUT2D eigenvalue weighted by atomic mass is 32.1. The van der Waals surface area contributed by atoms with E-state index in [9.17, 15) is 0 Å². The van der Waals surface area contributed by atoms with Crippen LogP contribution in [0.5, 0.6) is 11.5 Å². The van der Waals surface area contributed by atoms with E-state index in [1.54, 1.807) is 11.3 Å². The number of rotatable bonds is 9. The molecule has 1 N–H and O–H groups in total. The van der Waals surface area contributed by atoms with Crippen LogP contribution in [-0.4, -0.2) is 46.8 Å². The van der Waals surface area contributed by atoms with Crippen LogP contribution in [0.4, 0.5) is 5.13 Å². The van der Waals surface area contributed by atoms with Crippen molar-refractivity contribution in [2.24, 2.45) is 0 Å². The second-order valence-electron chi connectivity index (χ2n) is 8.58. The second-order valence-corrected chi connectivity index (χ2v) is 9.61. The van der Waals surface area contributed by atoms with E-state index in [1.165, 1.54) is 10.3 Å². The van der Waals surface area contributed by atoms with Crippen molar-refractivity contribution < 1.29 is 9.47 Å². The average molecular weight is 477 g/mol. The van der Waals surface area contributed by atoms with Crippen LogP contribution in [0.2, 0.25) is 0 Å². The number of anilines is 1. The number of nitrogens with zero attached hydrogens (tertiary/aromatic N) is 3. The lowest BCUT2D eigenvalue weighted by molar-refractivity contribution is 0.210. The first kappa shape index (κ1) is 22.7. The molecule has 0 spiro atoms. The zero-order chi connectivity index (χ0) is 23.3. The van der Waals surface area contributed by atoms with Crippen LogP contribution in [0.25, 0.3) is 15.9 Å². The van der Waals surface area contributed by atoms with Gasteiger partial charge in [0.15, 0.2) is 5.13 Å². The molecular formula is C27H32N4O2S. The van der Waals surface area contributed by atoms with Gasteiger partial charge in [-0.15, -0.1) is 0 Å². The predicted octanol–water partition coefficient (Wildman–Crippen LogP) is 5.96. The molecule has 7 heteroatoms. The highest BCUT2D eigenvalue weighted by molar-refractivity contribution is 7.22. The Morgan fingerprint density at radius 2 is 1.65 bits per heavy atom. The van der Waals surface area contributed by atoms with Crippen LogP contribution in [0.1, 0.15) is 32.3 Å². The highest BCUT2D eigenvalue weighted by Gasteiger charge is 2.22. The van der Waals surface area contributed by atoms with Gasteiger partial charge in [-0.1, -0.05) is 23.5 Å². The summed E-state index contributed by atoms with van der Waals surface area (Å²) in [6.07, 6.45) is 6.27. The Balaban J connectivity index is 1.26. The zero-order valence-electron chi connectivity index (χ0n) is 19.9. The van der Waals surface area contributed by atoms with Crippen molar-refractivity contribution in [3.63, 3.8) is 0 Å². The molecule has 34 heavy (non-hydrogen) atoms. The van der Waals surface area contributed by atoms with Crippen molar-refractivity contribution in [2.75, 3.05) is 31.6 Å². The number of piperidine rings is 1. The number of hydrogen-bond donors (Lipinski definition) is 1. The monoisotopic (exact) mass is 476 g/mol. The summed E-state index contributed by atoms with van der Waals surface area (Å²) in [7, 11) is 0. The van der Waals surface area contributed by atoms with Gasteiger partial charge in [0.05, 0.1) is 23.4 Å². The van der Waals surface area contributed by atoms with Crippen molar-refractivity contribution in [2.45, 2.75) is 39.3 Å². The number of likely N-dealkylation sites (tertiary alicyclic amines) is 1. The average Bonchev–Trinajstić information content (AvgIpc) is 3.50. The Kier molecular flexibility index (Phi) is 7.02. The Labute approximate surface area is 205 Å². The topological polar surface area (TPSA) is 51.6 Å². The van der Waals surface area contributed by atoms with Crippen molar-refractivity contribution in [3.05, 3.63) is 66.5 Å². The van der Waals surface area contributed by atoms with E-state index in [0.717, 1.165) is 60.3 Å². The number of fused-ring (bicyclic) bond motifs is 1. The fraction of sp³-hybridized carbons (Fsp3) is 0.370. The summed E-state index contributed by atoms with van der Waals surface area (Å²) in [5, 5.41) is 4.70. The maximum atomic E-state index is 6.05. The van der Waals surface area contributed by atoms with Crippen LogP contribution in [0.3, 0.4) is 0 Å². The number of thiazole rings is 1. The molecule has 1 aliphatic rings. The van der Waals surface area contributed by atoms with Crippen molar-refractivity contribution >= 4 is 26.7 Å². The molecule has 0 saturated carbocycles. The van der Waals surface area contributed by atoms with Crippen LogP contribution in [0, 0.1) is 0 Å². The molecule has 1 fully saturated rings. The van der Waals surface area contributed by atoms with Gasteiger partial charge in [0.1, 0.15) is 17.2 Å². The smallest absolute Gasteiger partial charge is 0.184 e. The maximum absolute atomic E-state index is 6.05. The van der Waals surface area contributed by atoms with Crippen molar-refractivity contribution in [3.8, 4) is 17.2 Å². The molecule has 0 bridgehead atoms. The van der Waals surface area contributed by atoms with Gasteiger partial charge in [-0.2, -0.15) is 0 Å². The molecule has 0 aliphatic carbocycles. The SMILES string of the molecule is CCOc1cc(CN2CCC(Nc3nc4ccccc4s3)CC2)cc(OCC)c1-n1cccc1. The van der Waals surface area contributed by atoms with Gasteiger partial charge in [-0.05, 0) is 68.7 Å². The molecule has 178 valence electrons. The highest BCUT2D eigenvalue weighted by Crippen LogP contribution is 2.36. The first-order valence-corrected chi connectivity index (χ1v) is 13.0. The predicted molar refractivity (Wildman–Crippen MR) is 140 cm³/mol. The van der Waals surface area contributed by atoms with Crippen LogP contribution >= 0.6 is 11.3 Å². The number of para-hydroxylation sites is 1. The van der Waals surface area contributed by atoms with E-state index in [-0.39, 0.29) is 0 Å². The standard InChI is InChI=1S/C27H32N4O2S/c1-3-32-23-17-20(18-24(33-4-2)26(23)31-13-7-8-14-31)19-30-15-11-21(12-16-30)28-27-29-22-9-5-6-10-25(22)34-27/h5-10,13-14,17-18,21H,3-4,11-12,15-16,19H2,1-2H3,(H,28,29). The summed E-state index contributed by atoms with van der Waals surface area (Å²) < 4.78 is 15.4. The molecule has 1 aliphatic heterocycles. The number of ether oxygens (including phenoxy) is 2. The maximum Gasteiger partial charge on any atom is 0.184 e. The Hall–Kier alpha value is -3.03. The van der Waals surface area contributed by atoms with E-state index in [4.69, 9.17) is 14.5 Å². The zero-order valence-corrected chi connectivity index (χ0v) is 20.7. The van der Waals surface area contributed by atoms with Gasteiger partial charge in [0, 0.05) is 38.1 Å². The summed E-state index contributed by atoms with van der Waals surface area (Å²) in [6.45, 7) is 8.27. The summed E-state index contributed by atoms with van der Waals surface area (Å²) in [5.74, 6) is 1.74. The normalized spacial score (nSPS) is 15.0. The fourth-order valence-electron chi connectivity index (χ4n) is 4.60. The van der Waals surface area contributed by atoms with Gasteiger partial charge in [0.2, 0.25) is 0 Å². The molecule has 0 atom stereocenters. The lowest BCUT2D eigenvalue weighted by Gasteiger charge is -2.32. The molecule has 1 saturated heterocycles. The van der Waals surface area contributed by atoms with E-state index < -0.39 is 0 Å². The summed E-state index contributed by atoms with van der Waals surface area (Å²) in [6, 6.07) is 17.2. The fourth-order valence-corrected chi connectivity index (χ4v) is 5.54. The number of hydrogen-bond acceptors (Lipinski definition) is 6. The van der Waals surface area contributed by atoms with Crippen molar-refractivity contribution in [1.82, 2.24) is 14.5 Å². The third-order valence-electron chi connectivity index (χ3n) is 6.18. The first-order chi connectivity index (χ1) is 16.7. The Morgan fingerprint density at radius 1 is 0.971 bits per heavy atom. The molecule has 0 unspecified atom stereocenters. The minimum absolute atomic E-state index is 0.464. The summed E-state index contributed by atoms with van der Waals surface area (Å²) >= 11 is 1.74. The van der Waals surface area contributed by atoms with Crippen LogP contribution in [-0.2, 0) is 6.54 Å². The third-order valence-corrected chi connectivity index (χ3v) is 7.14. The van der Waals surface area contributed by atoms with Gasteiger partial charge < -0.3 is 19.4 Å². The third kappa shape index (κ3) is 5.05. The molecule has 2 aromatic carbocycles. The van der Waals surface area contributed by atoms with Gasteiger partial charge >= 0.3 is 0 Å². The van der Waals surface area contributed by atoms with E-state index >= 15 is 0 Å². The molecular weight excluding hydrogens is 444 g/mol. The van der Waals surface area contributed by atoms with Crippen LogP contribution < -0.4 is 14.8 Å². The number of nitrogens with one attached hydrogen (secondary N) is 1. The van der Waals surface area contributed by atoms with Gasteiger partial charge in [-0.3, -0.25) is 4.90 Å². The lowest BCUT2D eigenvalue weighted by atomic mass is 10.0. The first-order valence-electron chi connectivity index (χ1n) is 12.1. The molecule has 5 rings (SSSR count). The van der Waals surface area contributed by atoms with Crippen molar-refractivity contribution in [1.29, 1.82) is 0 Å². The molecule has 3 heterocycles.